The number of hydrogen-bond acceptors (Lipinski definition) is 9. The summed E-state index contributed by atoms with van der Waals surface area (Å²) >= 11 is 0. The van der Waals surface area contributed by atoms with E-state index in [1.165, 1.54) is 18.2 Å². The lowest BCUT2D eigenvalue weighted by atomic mass is 10.2. The van der Waals surface area contributed by atoms with Gasteiger partial charge in [0.05, 0.1) is 18.4 Å². The Kier molecular flexibility index (Phi) is 6.05. The molecule has 0 unspecified atom stereocenters. The first-order valence-electron chi connectivity index (χ1n) is 10.0. The van der Waals surface area contributed by atoms with Crippen LogP contribution >= 0.6 is 0 Å². The number of rotatable bonds is 6. The molecule has 172 valence electrons. The Balaban J connectivity index is 1.78. The number of para-hydroxylation sites is 1. The number of ether oxygens (including phenoxy) is 3. The fourth-order valence-electron chi connectivity index (χ4n) is 3.16. The molecule has 2 heterocycles. The zero-order chi connectivity index (χ0) is 23.6. The average Bonchev–Trinajstić information content (AvgIpc) is 2.79. The van der Waals surface area contributed by atoms with Crippen molar-refractivity contribution in [2.24, 2.45) is 0 Å². The monoisotopic (exact) mass is 472 g/mol. The van der Waals surface area contributed by atoms with Crippen LogP contribution in [0.1, 0.15) is 23.0 Å². The lowest BCUT2D eigenvalue weighted by Crippen LogP contribution is -2.26. The van der Waals surface area contributed by atoms with Crippen LogP contribution in [0.4, 0.5) is 0 Å². The van der Waals surface area contributed by atoms with E-state index in [2.05, 4.69) is 5.10 Å². The van der Waals surface area contributed by atoms with Crippen LogP contribution in [-0.4, -0.2) is 44.0 Å². The largest absolute Gasteiger partial charge is 0.486 e. The molecule has 10 nitrogen and oxygen atoms in total. The number of benzene rings is 2. The van der Waals surface area contributed by atoms with Gasteiger partial charge in [-0.1, -0.05) is 18.2 Å². The molecule has 1 aromatic heterocycles. The van der Waals surface area contributed by atoms with Crippen molar-refractivity contribution in [3.63, 3.8) is 0 Å². The second-order valence-corrected chi connectivity index (χ2v) is 8.50. The number of aromatic nitrogens is 2. The van der Waals surface area contributed by atoms with Gasteiger partial charge >= 0.3 is 16.1 Å². The van der Waals surface area contributed by atoms with Gasteiger partial charge in [-0.25, -0.2) is 4.79 Å². The number of fused-ring (bicyclic) bond motifs is 1. The van der Waals surface area contributed by atoms with Crippen LogP contribution in [0.15, 0.2) is 58.2 Å². The molecule has 4 rings (SSSR count). The van der Waals surface area contributed by atoms with Crippen LogP contribution < -0.4 is 19.2 Å². The van der Waals surface area contributed by atoms with E-state index in [0.717, 1.165) is 16.3 Å². The van der Waals surface area contributed by atoms with Crippen molar-refractivity contribution in [3.8, 4) is 22.9 Å². The molecule has 0 N–H and O–H groups in total. The van der Waals surface area contributed by atoms with Gasteiger partial charge in [0.25, 0.3) is 5.56 Å². The molecule has 2 aromatic carbocycles. The highest BCUT2D eigenvalue weighted by atomic mass is 32.2. The number of aryl methyl sites for hydroxylation is 1. The van der Waals surface area contributed by atoms with Gasteiger partial charge in [-0.05, 0) is 37.6 Å². The van der Waals surface area contributed by atoms with E-state index in [1.807, 2.05) is 0 Å². The van der Waals surface area contributed by atoms with E-state index in [0.29, 0.717) is 18.0 Å². The highest BCUT2D eigenvalue weighted by Crippen LogP contribution is 2.33. The summed E-state index contributed by atoms with van der Waals surface area (Å²) < 4.78 is 47.8. The van der Waals surface area contributed by atoms with E-state index >= 15 is 0 Å². The van der Waals surface area contributed by atoms with Crippen LogP contribution in [0.5, 0.6) is 17.2 Å². The Labute approximate surface area is 189 Å². The smallest absolute Gasteiger partial charge is 0.362 e. The average molecular weight is 472 g/mol. The van der Waals surface area contributed by atoms with Crippen molar-refractivity contribution >= 4 is 16.1 Å². The molecular weight excluding hydrogens is 452 g/mol. The highest BCUT2D eigenvalue weighted by molar-refractivity contribution is 7.87. The normalized spacial score (nSPS) is 12.8. The summed E-state index contributed by atoms with van der Waals surface area (Å²) in [4.78, 5) is 25.1. The molecule has 1 aliphatic rings. The molecule has 1 aliphatic heterocycles. The van der Waals surface area contributed by atoms with E-state index in [-0.39, 0.29) is 23.9 Å². The van der Waals surface area contributed by atoms with Crippen LogP contribution in [0.2, 0.25) is 0 Å². The maximum absolute atomic E-state index is 12.9. The number of carbonyl (C=O) groups excluding carboxylic acids is 1. The predicted octanol–water partition coefficient (Wildman–Crippen LogP) is 2.26. The number of hydrogen-bond donors (Lipinski definition) is 0. The van der Waals surface area contributed by atoms with Gasteiger partial charge in [-0.15, -0.1) is 0 Å². The summed E-state index contributed by atoms with van der Waals surface area (Å²) in [6.45, 7) is 3.98. The maximum atomic E-state index is 12.9. The minimum atomic E-state index is -4.45. The zero-order valence-electron chi connectivity index (χ0n) is 17.8. The van der Waals surface area contributed by atoms with E-state index in [4.69, 9.17) is 18.4 Å². The van der Waals surface area contributed by atoms with Gasteiger partial charge in [0.1, 0.15) is 18.1 Å². The van der Waals surface area contributed by atoms with Crippen molar-refractivity contribution in [2.75, 3.05) is 19.8 Å². The summed E-state index contributed by atoms with van der Waals surface area (Å²) in [6, 6.07) is 11.7. The Morgan fingerprint density at radius 2 is 1.82 bits per heavy atom. The molecule has 0 saturated carbocycles. The molecule has 33 heavy (non-hydrogen) atoms. The highest BCUT2D eigenvalue weighted by Gasteiger charge is 2.27. The van der Waals surface area contributed by atoms with E-state index < -0.39 is 33.1 Å². The van der Waals surface area contributed by atoms with Crippen LogP contribution in [-0.2, 0) is 14.9 Å². The lowest BCUT2D eigenvalue weighted by Gasteiger charge is -2.19. The van der Waals surface area contributed by atoms with Gasteiger partial charge in [-0.3, -0.25) is 4.79 Å². The first-order chi connectivity index (χ1) is 15.8. The molecule has 0 spiro atoms. The summed E-state index contributed by atoms with van der Waals surface area (Å²) in [5, 5.41) is 4.07. The molecule has 0 fully saturated rings. The second-order valence-electron chi connectivity index (χ2n) is 6.96. The minimum Gasteiger partial charge on any atom is -0.486 e. The first-order valence-corrected chi connectivity index (χ1v) is 11.4. The molecule has 0 atom stereocenters. The van der Waals surface area contributed by atoms with Crippen LogP contribution in [0, 0.1) is 6.92 Å². The Morgan fingerprint density at radius 1 is 1.09 bits per heavy atom. The van der Waals surface area contributed by atoms with Gasteiger partial charge in [0, 0.05) is 6.07 Å². The number of carbonyl (C=O) groups is 1. The molecule has 0 radical (unpaired) electrons. The predicted molar refractivity (Wildman–Crippen MR) is 116 cm³/mol. The maximum Gasteiger partial charge on any atom is 0.362 e. The molecule has 11 heteroatoms. The van der Waals surface area contributed by atoms with Crippen LogP contribution in [0.25, 0.3) is 5.69 Å². The van der Waals surface area contributed by atoms with Gasteiger partial charge < -0.3 is 18.4 Å². The SMILES string of the molecule is CCOC(=O)c1nn(-c2ccccc2C)c(=O)cc1OS(=O)(=O)c1ccc2c(c1)OCCO2. The summed E-state index contributed by atoms with van der Waals surface area (Å²) in [7, 11) is -4.45. The van der Waals surface area contributed by atoms with Crippen molar-refractivity contribution in [3.05, 3.63) is 70.1 Å². The van der Waals surface area contributed by atoms with Gasteiger partial charge in [0.2, 0.25) is 5.69 Å². The van der Waals surface area contributed by atoms with Crippen LogP contribution in [0.3, 0.4) is 0 Å². The quantitative estimate of drug-likeness (QED) is 0.392. The van der Waals surface area contributed by atoms with Crippen molar-refractivity contribution < 1.29 is 31.6 Å². The zero-order valence-corrected chi connectivity index (χ0v) is 18.6. The van der Waals surface area contributed by atoms with Crippen molar-refractivity contribution in [2.45, 2.75) is 18.7 Å². The molecule has 0 bridgehead atoms. The third kappa shape index (κ3) is 4.53. The molecule has 0 amide bonds. The Morgan fingerprint density at radius 3 is 2.55 bits per heavy atom. The van der Waals surface area contributed by atoms with E-state index in [1.54, 1.807) is 38.1 Å². The minimum absolute atomic E-state index is 0.0123. The molecule has 3 aromatic rings. The Hall–Kier alpha value is -3.86. The third-order valence-corrected chi connectivity index (χ3v) is 5.94. The second kappa shape index (κ2) is 8.94. The standard InChI is InChI=1S/C22H20N2O8S/c1-3-29-22(26)21-19(13-20(25)24(23-21)16-7-5-4-6-14(16)2)32-33(27,28)15-8-9-17-18(12-15)31-11-10-30-17/h4-9,12-13H,3,10-11H2,1-2H3. The summed E-state index contributed by atoms with van der Waals surface area (Å²) in [6.07, 6.45) is 0. The first kappa shape index (κ1) is 22.3. The van der Waals surface area contributed by atoms with Crippen molar-refractivity contribution in [1.29, 1.82) is 0 Å². The van der Waals surface area contributed by atoms with Gasteiger partial charge in [0.15, 0.2) is 17.2 Å². The number of nitrogens with zero attached hydrogens (tertiary/aromatic N) is 2. The topological polar surface area (TPSA) is 123 Å². The summed E-state index contributed by atoms with van der Waals surface area (Å²) in [5.74, 6) is -0.843. The van der Waals surface area contributed by atoms with Gasteiger partial charge in [-0.2, -0.15) is 18.2 Å². The summed E-state index contributed by atoms with van der Waals surface area (Å²) in [5.41, 5.74) is -0.000636. The molecular formula is C22H20N2O8S. The molecule has 0 saturated heterocycles. The Bertz CT molecular complexity index is 1380. The third-order valence-electron chi connectivity index (χ3n) is 4.71. The molecule has 0 aliphatic carbocycles. The fourth-order valence-corrected chi connectivity index (χ4v) is 4.11. The fraction of sp³-hybridized carbons (Fsp3) is 0.227. The van der Waals surface area contributed by atoms with E-state index in [9.17, 15) is 18.0 Å². The number of esters is 1. The lowest BCUT2D eigenvalue weighted by molar-refractivity contribution is 0.0515. The van der Waals surface area contributed by atoms with Crippen molar-refractivity contribution in [1.82, 2.24) is 9.78 Å².